The number of nitrogens with zero attached hydrogens (tertiary/aromatic N) is 1. The van der Waals surface area contributed by atoms with Gasteiger partial charge in [0, 0.05) is 23.9 Å². The highest BCUT2D eigenvalue weighted by molar-refractivity contribution is 5.19. The fourth-order valence-electron chi connectivity index (χ4n) is 3.67. The normalized spacial score (nSPS) is 22.5. The van der Waals surface area contributed by atoms with E-state index in [1.807, 2.05) is 12.3 Å². The molecule has 1 N–H and O–H groups in total. The third kappa shape index (κ3) is 4.22. The highest BCUT2D eigenvalue weighted by Gasteiger charge is 2.38. The van der Waals surface area contributed by atoms with Gasteiger partial charge in [0.1, 0.15) is 6.23 Å². The number of allylic oxidation sites excluding steroid dienone is 1. The molecule has 3 rings (SSSR count). The van der Waals surface area contributed by atoms with Crippen molar-refractivity contribution < 1.29 is 4.74 Å². The zero-order valence-electron chi connectivity index (χ0n) is 13.8. The zero-order chi connectivity index (χ0) is 16.0. The molecule has 0 aromatic carbocycles. The number of pyridine rings is 1. The van der Waals surface area contributed by atoms with E-state index in [0.717, 1.165) is 38.1 Å². The largest absolute Gasteiger partial charge is 0.358 e. The van der Waals surface area contributed by atoms with Gasteiger partial charge >= 0.3 is 0 Å². The second-order valence-corrected chi connectivity index (χ2v) is 6.78. The standard InChI is InChI=1S/C20H26N2O/c1-2-3-4-5-6-9-18-14-17(10-13-21-18)19-22-15-20(16-23-19)11-7-8-12-20/h4,10,13-14,19,22H,1,5-9,11-12,15-16H2. The Morgan fingerprint density at radius 2 is 2.30 bits per heavy atom. The maximum atomic E-state index is 6.14. The SMILES string of the molecule is C=C=C=CCCCc1cc(C2NCC3(CCCC3)CO2)ccn1. The Morgan fingerprint density at radius 3 is 3.04 bits per heavy atom. The van der Waals surface area contributed by atoms with E-state index in [0.29, 0.717) is 5.41 Å². The van der Waals surface area contributed by atoms with Crippen LogP contribution in [0.3, 0.4) is 0 Å². The lowest BCUT2D eigenvalue weighted by Crippen LogP contribution is -2.44. The number of aromatic nitrogens is 1. The minimum atomic E-state index is 0.0200. The minimum Gasteiger partial charge on any atom is -0.358 e. The Kier molecular flexibility index (Phi) is 5.48. The first-order valence-electron chi connectivity index (χ1n) is 8.70. The molecule has 1 aliphatic carbocycles. The summed E-state index contributed by atoms with van der Waals surface area (Å²) >= 11 is 0. The fraction of sp³-hybridized carbons (Fsp3) is 0.550. The monoisotopic (exact) mass is 310 g/mol. The Hall–Kier alpha value is -1.63. The van der Waals surface area contributed by atoms with Gasteiger partial charge in [-0.05, 0) is 62.5 Å². The molecule has 0 bridgehead atoms. The Labute approximate surface area is 139 Å². The lowest BCUT2D eigenvalue weighted by atomic mass is 9.86. The van der Waals surface area contributed by atoms with E-state index in [4.69, 9.17) is 4.74 Å². The average molecular weight is 310 g/mol. The summed E-state index contributed by atoms with van der Waals surface area (Å²) in [5.74, 6) is 0. The molecule has 2 heterocycles. The summed E-state index contributed by atoms with van der Waals surface area (Å²) in [7, 11) is 0. The molecule has 1 saturated heterocycles. The highest BCUT2D eigenvalue weighted by Crippen LogP contribution is 2.41. The first kappa shape index (κ1) is 16.2. The van der Waals surface area contributed by atoms with E-state index in [1.54, 1.807) is 0 Å². The van der Waals surface area contributed by atoms with E-state index < -0.39 is 0 Å². The van der Waals surface area contributed by atoms with Crippen molar-refractivity contribution in [3.8, 4) is 0 Å². The summed E-state index contributed by atoms with van der Waals surface area (Å²) in [6.45, 7) is 5.47. The molecular formula is C20H26N2O. The first-order chi connectivity index (χ1) is 11.3. The predicted octanol–water partition coefficient (Wildman–Crippen LogP) is 4.08. The Bertz CT molecular complexity index is 596. The van der Waals surface area contributed by atoms with Gasteiger partial charge in [-0.3, -0.25) is 10.3 Å². The number of nitrogens with one attached hydrogen (secondary N) is 1. The van der Waals surface area contributed by atoms with Crippen LogP contribution in [0.5, 0.6) is 0 Å². The smallest absolute Gasteiger partial charge is 0.134 e. The lowest BCUT2D eigenvalue weighted by Gasteiger charge is -2.38. The van der Waals surface area contributed by atoms with Crippen LogP contribution in [0.25, 0.3) is 0 Å². The maximum Gasteiger partial charge on any atom is 0.134 e. The fourth-order valence-corrected chi connectivity index (χ4v) is 3.67. The van der Waals surface area contributed by atoms with E-state index in [1.165, 1.54) is 31.2 Å². The molecule has 23 heavy (non-hydrogen) atoms. The summed E-state index contributed by atoms with van der Waals surface area (Å²) in [5.41, 5.74) is 8.26. The third-order valence-electron chi connectivity index (χ3n) is 5.01. The molecule has 2 aliphatic rings. The molecule has 0 radical (unpaired) electrons. The molecule has 3 heteroatoms. The predicted molar refractivity (Wildman–Crippen MR) is 92.0 cm³/mol. The molecule has 122 valence electrons. The van der Waals surface area contributed by atoms with Gasteiger partial charge in [-0.2, -0.15) is 0 Å². The van der Waals surface area contributed by atoms with Crippen molar-refractivity contribution in [3.63, 3.8) is 0 Å². The van der Waals surface area contributed by atoms with Crippen LogP contribution in [-0.2, 0) is 11.2 Å². The maximum absolute atomic E-state index is 6.14. The van der Waals surface area contributed by atoms with E-state index in [9.17, 15) is 0 Å². The van der Waals surface area contributed by atoms with Gasteiger partial charge in [0.25, 0.3) is 0 Å². The van der Waals surface area contributed by atoms with E-state index in [2.05, 4.69) is 40.5 Å². The van der Waals surface area contributed by atoms with E-state index >= 15 is 0 Å². The van der Waals surface area contributed by atoms with Crippen molar-refractivity contribution in [1.82, 2.24) is 10.3 Å². The summed E-state index contributed by atoms with van der Waals surface area (Å²) in [6, 6.07) is 4.24. The van der Waals surface area contributed by atoms with Crippen LogP contribution in [-0.4, -0.2) is 18.1 Å². The molecule has 1 atom stereocenters. The number of unbranched alkanes of at least 4 members (excludes halogenated alkanes) is 1. The molecule has 1 saturated carbocycles. The average Bonchev–Trinajstić information content (AvgIpc) is 3.04. The number of aryl methyl sites for hydroxylation is 1. The Morgan fingerprint density at radius 1 is 1.43 bits per heavy atom. The number of rotatable bonds is 5. The first-order valence-corrected chi connectivity index (χ1v) is 8.70. The zero-order valence-corrected chi connectivity index (χ0v) is 13.8. The van der Waals surface area contributed by atoms with Crippen molar-refractivity contribution in [1.29, 1.82) is 0 Å². The van der Waals surface area contributed by atoms with Crippen LogP contribution in [0.4, 0.5) is 0 Å². The van der Waals surface area contributed by atoms with Crippen LogP contribution < -0.4 is 5.32 Å². The van der Waals surface area contributed by atoms with Crippen molar-refractivity contribution in [2.45, 2.75) is 51.2 Å². The molecule has 3 nitrogen and oxygen atoms in total. The van der Waals surface area contributed by atoms with Gasteiger partial charge in [-0.1, -0.05) is 24.3 Å². The van der Waals surface area contributed by atoms with Crippen molar-refractivity contribution in [2.24, 2.45) is 5.41 Å². The van der Waals surface area contributed by atoms with Crippen LogP contribution in [0.2, 0.25) is 0 Å². The molecule has 2 fully saturated rings. The molecule has 0 amide bonds. The van der Waals surface area contributed by atoms with Gasteiger partial charge in [0.05, 0.1) is 6.61 Å². The van der Waals surface area contributed by atoms with Crippen molar-refractivity contribution in [2.75, 3.05) is 13.2 Å². The van der Waals surface area contributed by atoms with Crippen molar-refractivity contribution in [3.05, 3.63) is 53.7 Å². The summed E-state index contributed by atoms with van der Waals surface area (Å²) in [5, 5.41) is 3.60. The van der Waals surface area contributed by atoms with Gasteiger partial charge in [0.2, 0.25) is 0 Å². The van der Waals surface area contributed by atoms with Crippen LogP contribution >= 0.6 is 0 Å². The van der Waals surface area contributed by atoms with Crippen LogP contribution in [0.15, 0.2) is 42.4 Å². The topological polar surface area (TPSA) is 34.1 Å². The van der Waals surface area contributed by atoms with Crippen molar-refractivity contribution >= 4 is 0 Å². The molecular weight excluding hydrogens is 284 g/mol. The number of hydrogen-bond donors (Lipinski definition) is 1. The molecule has 1 spiro atoms. The van der Waals surface area contributed by atoms with Gasteiger partial charge in [0.15, 0.2) is 0 Å². The summed E-state index contributed by atoms with van der Waals surface area (Å²) in [6.07, 6.45) is 12.2. The van der Waals surface area contributed by atoms with Gasteiger partial charge in [-0.15, -0.1) is 0 Å². The number of ether oxygens (including phenoxy) is 1. The third-order valence-corrected chi connectivity index (χ3v) is 5.01. The summed E-state index contributed by atoms with van der Waals surface area (Å²) < 4.78 is 6.14. The second kappa shape index (κ2) is 7.77. The molecule has 1 unspecified atom stereocenters. The van der Waals surface area contributed by atoms with Crippen LogP contribution in [0.1, 0.15) is 56.0 Å². The molecule has 1 aromatic rings. The van der Waals surface area contributed by atoms with E-state index in [-0.39, 0.29) is 6.23 Å². The highest BCUT2D eigenvalue weighted by atomic mass is 16.5. The lowest BCUT2D eigenvalue weighted by molar-refractivity contribution is -0.0705. The van der Waals surface area contributed by atoms with Gasteiger partial charge < -0.3 is 4.74 Å². The Balaban J connectivity index is 1.55. The molecule has 1 aliphatic heterocycles. The summed E-state index contributed by atoms with van der Waals surface area (Å²) in [4.78, 5) is 4.48. The number of hydrogen-bond acceptors (Lipinski definition) is 3. The minimum absolute atomic E-state index is 0.0200. The van der Waals surface area contributed by atoms with Gasteiger partial charge in [-0.25, -0.2) is 0 Å². The van der Waals surface area contributed by atoms with Crippen LogP contribution in [0, 0.1) is 5.41 Å². The molecule has 1 aromatic heterocycles. The second-order valence-electron chi connectivity index (χ2n) is 6.78. The quantitative estimate of drug-likeness (QED) is 0.657.